The monoisotopic (exact) mass is 414 g/mol. The van der Waals surface area contributed by atoms with E-state index in [1.54, 1.807) is 47.2 Å². The van der Waals surface area contributed by atoms with Gasteiger partial charge >= 0.3 is 0 Å². The number of rotatable bonds is 5. The lowest BCUT2D eigenvalue weighted by Gasteiger charge is -2.09. The van der Waals surface area contributed by atoms with E-state index in [2.05, 4.69) is 15.5 Å². The summed E-state index contributed by atoms with van der Waals surface area (Å²) < 4.78 is 33.6. The molecule has 0 bridgehead atoms. The van der Waals surface area contributed by atoms with E-state index < -0.39 is 17.5 Å². The quantitative estimate of drug-likeness (QED) is 0.510. The van der Waals surface area contributed by atoms with Crippen molar-refractivity contribution in [1.82, 2.24) is 14.7 Å². The minimum Gasteiger partial charge on any atom is -0.334 e. The molecule has 0 fully saturated rings. The lowest BCUT2D eigenvalue weighted by atomic mass is 10.2. The zero-order valence-corrected chi connectivity index (χ0v) is 15.5. The van der Waals surface area contributed by atoms with Gasteiger partial charge in [-0.15, -0.1) is 0 Å². The van der Waals surface area contributed by atoms with Gasteiger partial charge in [-0.25, -0.2) is 8.78 Å². The summed E-state index contributed by atoms with van der Waals surface area (Å²) in [6.07, 6.45) is 1.65. The third kappa shape index (κ3) is 4.17. The van der Waals surface area contributed by atoms with Gasteiger partial charge in [0.25, 0.3) is 5.89 Å². The molecule has 29 heavy (non-hydrogen) atoms. The molecule has 6 nitrogen and oxygen atoms in total. The first-order valence-electron chi connectivity index (χ1n) is 8.49. The van der Waals surface area contributed by atoms with Crippen LogP contribution < -0.4 is 5.32 Å². The molecule has 1 amide bonds. The van der Waals surface area contributed by atoms with Crippen molar-refractivity contribution in [3.05, 3.63) is 77.5 Å². The van der Waals surface area contributed by atoms with Gasteiger partial charge in [0.05, 0.1) is 5.69 Å². The van der Waals surface area contributed by atoms with Crippen molar-refractivity contribution in [2.24, 2.45) is 0 Å². The summed E-state index contributed by atoms with van der Waals surface area (Å²) in [5.74, 6) is -1.50. The van der Waals surface area contributed by atoms with Crippen LogP contribution in [0.25, 0.3) is 23.0 Å². The number of anilines is 1. The van der Waals surface area contributed by atoms with Gasteiger partial charge in [0.15, 0.2) is 0 Å². The Morgan fingerprint density at radius 2 is 2.00 bits per heavy atom. The van der Waals surface area contributed by atoms with E-state index >= 15 is 0 Å². The average molecular weight is 415 g/mol. The van der Waals surface area contributed by atoms with Gasteiger partial charge in [0.2, 0.25) is 11.7 Å². The number of carbonyl (C=O) groups excluding carboxylic acids is 1. The molecule has 4 rings (SSSR count). The second-order valence-electron chi connectivity index (χ2n) is 6.13. The molecule has 0 spiro atoms. The van der Waals surface area contributed by atoms with E-state index in [0.29, 0.717) is 28.2 Å². The Kier molecular flexibility index (Phi) is 5.09. The highest BCUT2D eigenvalue weighted by Crippen LogP contribution is 2.24. The number of hydrogen-bond acceptors (Lipinski definition) is 4. The standard InChI is InChI=1S/C20H13ClF2N4O2/c21-13-4-1-3-12(9-13)19-25-20(29-26-19)17-5-2-8-27(17)11-18(28)24-16-7-6-14(22)10-15(16)23/h1-10H,11H2,(H,24,28). The fourth-order valence-electron chi connectivity index (χ4n) is 2.75. The lowest BCUT2D eigenvalue weighted by molar-refractivity contribution is -0.116. The minimum absolute atomic E-state index is 0.105. The van der Waals surface area contributed by atoms with Crippen LogP contribution >= 0.6 is 11.6 Å². The van der Waals surface area contributed by atoms with Crippen LogP contribution in [-0.4, -0.2) is 20.6 Å². The van der Waals surface area contributed by atoms with Gasteiger partial charge in [0, 0.05) is 22.8 Å². The molecule has 4 aromatic rings. The molecule has 0 aliphatic carbocycles. The lowest BCUT2D eigenvalue weighted by Crippen LogP contribution is -2.19. The summed E-state index contributed by atoms with van der Waals surface area (Å²) in [5, 5.41) is 6.90. The summed E-state index contributed by atoms with van der Waals surface area (Å²) in [6.45, 7) is -0.131. The maximum Gasteiger partial charge on any atom is 0.274 e. The number of nitrogens with one attached hydrogen (secondary N) is 1. The predicted molar refractivity (Wildman–Crippen MR) is 103 cm³/mol. The van der Waals surface area contributed by atoms with E-state index in [4.69, 9.17) is 16.1 Å². The molecule has 1 N–H and O–H groups in total. The van der Waals surface area contributed by atoms with Crippen LogP contribution in [0.5, 0.6) is 0 Å². The highest BCUT2D eigenvalue weighted by molar-refractivity contribution is 6.30. The molecule has 9 heteroatoms. The van der Waals surface area contributed by atoms with Crippen LogP contribution in [0.3, 0.4) is 0 Å². The van der Waals surface area contributed by atoms with Crippen molar-refractivity contribution >= 4 is 23.2 Å². The molecule has 0 unspecified atom stereocenters. The molecule has 146 valence electrons. The van der Waals surface area contributed by atoms with Gasteiger partial charge in [0.1, 0.15) is 23.9 Å². The third-order valence-electron chi connectivity index (χ3n) is 4.08. The van der Waals surface area contributed by atoms with Crippen molar-refractivity contribution < 1.29 is 18.1 Å². The first kappa shape index (κ1) is 18.8. The minimum atomic E-state index is -0.853. The van der Waals surface area contributed by atoms with E-state index in [-0.39, 0.29) is 18.1 Å². The number of amides is 1. The van der Waals surface area contributed by atoms with E-state index in [1.165, 1.54) is 0 Å². The summed E-state index contributed by atoms with van der Waals surface area (Å²) >= 11 is 5.99. The maximum absolute atomic E-state index is 13.7. The van der Waals surface area contributed by atoms with Crippen molar-refractivity contribution in [2.45, 2.75) is 6.54 Å². The highest BCUT2D eigenvalue weighted by Gasteiger charge is 2.16. The smallest absolute Gasteiger partial charge is 0.274 e. The SMILES string of the molecule is O=C(Cn1cccc1-c1nc(-c2cccc(Cl)c2)no1)Nc1ccc(F)cc1F. The zero-order valence-electron chi connectivity index (χ0n) is 14.8. The first-order chi connectivity index (χ1) is 14.0. The fourth-order valence-corrected chi connectivity index (χ4v) is 2.94. The van der Waals surface area contributed by atoms with Crippen LogP contribution in [0.1, 0.15) is 0 Å². The van der Waals surface area contributed by atoms with Crippen LogP contribution in [0.15, 0.2) is 65.3 Å². The Balaban J connectivity index is 1.52. The van der Waals surface area contributed by atoms with Crippen molar-refractivity contribution in [1.29, 1.82) is 0 Å². The average Bonchev–Trinajstić information content (AvgIpc) is 3.33. The van der Waals surface area contributed by atoms with Crippen molar-refractivity contribution in [3.63, 3.8) is 0 Å². The molecular weight excluding hydrogens is 402 g/mol. The molecule has 0 aliphatic rings. The molecule has 2 heterocycles. The van der Waals surface area contributed by atoms with Gasteiger partial charge in [-0.05, 0) is 36.4 Å². The molecule has 0 radical (unpaired) electrons. The molecule has 0 saturated heterocycles. The van der Waals surface area contributed by atoms with Gasteiger partial charge < -0.3 is 14.4 Å². The second-order valence-corrected chi connectivity index (χ2v) is 6.56. The maximum atomic E-state index is 13.7. The Labute approximate surface area is 168 Å². The molecule has 0 aliphatic heterocycles. The zero-order chi connectivity index (χ0) is 20.4. The normalized spacial score (nSPS) is 10.9. The predicted octanol–water partition coefficient (Wildman–Crippen LogP) is 4.78. The van der Waals surface area contributed by atoms with Crippen LogP contribution in [0.4, 0.5) is 14.5 Å². The Morgan fingerprint density at radius 1 is 1.14 bits per heavy atom. The topological polar surface area (TPSA) is 73.0 Å². The number of carbonyl (C=O) groups is 1. The van der Waals surface area contributed by atoms with Crippen LogP contribution in [0.2, 0.25) is 5.02 Å². The summed E-state index contributed by atoms with van der Waals surface area (Å²) in [5.41, 5.74) is 1.10. The largest absolute Gasteiger partial charge is 0.334 e. The van der Waals surface area contributed by atoms with Gasteiger partial charge in [-0.1, -0.05) is 28.9 Å². The summed E-state index contributed by atoms with van der Waals surface area (Å²) in [6, 6.07) is 13.4. The van der Waals surface area contributed by atoms with Gasteiger partial charge in [-0.3, -0.25) is 4.79 Å². The van der Waals surface area contributed by atoms with E-state index in [9.17, 15) is 13.6 Å². The highest BCUT2D eigenvalue weighted by atomic mass is 35.5. The molecule has 0 saturated carbocycles. The number of benzene rings is 2. The Hall–Kier alpha value is -3.52. The third-order valence-corrected chi connectivity index (χ3v) is 4.31. The van der Waals surface area contributed by atoms with Crippen molar-refractivity contribution in [2.75, 3.05) is 5.32 Å². The second kappa shape index (κ2) is 7.84. The summed E-state index contributed by atoms with van der Waals surface area (Å²) in [4.78, 5) is 16.6. The van der Waals surface area contributed by atoms with Crippen LogP contribution in [0, 0.1) is 11.6 Å². The number of nitrogens with zero attached hydrogens (tertiary/aromatic N) is 3. The molecule has 0 atom stereocenters. The Bertz CT molecular complexity index is 1190. The van der Waals surface area contributed by atoms with Crippen molar-refractivity contribution in [3.8, 4) is 23.0 Å². The summed E-state index contributed by atoms with van der Waals surface area (Å²) in [7, 11) is 0. The van der Waals surface area contributed by atoms with E-state index in [1.807, 2.05) is 0 Å². The van der Waals surface area contributed by atoms with Crippen LogP contribution in [-0.2, 0) is 11.3 Å². The molecular formula is C20H13ClF2N4O2. The van der Waals surface area contributed by atoms with E-state index in [0.717, 1.165) is 12.1 Å². The Morgan fingerprint density at radius 3 is 2.79 bits per heavy atom. The first-order valence-corrected chi connectivity index (χ1v) is 8.87. The number of hydrogen-bond donors (Lipinski definition) is 1. The molecule has 2 aromatic heterocycles. The number of halogens is 3. The molecule has 2 aromatic carbocycles. The van der Waals surface area contributed by atoms with Gasteiger partial charge in [-0.2, -0.15) is 4.98 Å². The number of aromatic nitrogens is 3. The fraction of sp³-hybridized carbons (Fsp3) is 0.0500.